The zero-order valence-corrected chi connectivity index (χ0v) is 12.6. The Morgan fingerprint density at radius 3 is 2.59 bits per heavy atom. The fourth-order valence-corrected chi connectivity index (χ4v) is 4.10. The van der Waals surface area contributed by atoms with Crippen LogP contribution in [0.25, 0.3) is 0 Å². The Morgan fingerprint density at radius 2 is 2.06 bits per heavy atom. The molecule has 0 saturated heterocycles. The van der Waals surface area contributed by atoms with Crippen molar-refractivity contribution in [1.82, 2.24) is 9.78 Å². The SMILES string of the molecule is CC(C)n1nc(I)cc1[C@@H]1[C@@H]2CC(C)(F)C[C@@H]21. The van der Waals surface area contributed by atoms with Crippen LogP contribution in [-0.2, 0) is 0 Å². The minimum Gasteiger partial charge on any atom is -0.266 e. The van der Waals surface area contributed by atoms with Crippen LogP contribution in [0.2, 0.25) is 0 Å². The Labute approximate surface area is 115 Å². The molecule has 2 saturated carbocycles. The predicted molar refractivity (Wildman–Crippen MR) is 73.8 cm³/mol. The summed E-state index contributed by atoms with van der Waals surface area (Å²) < 4.78 is 17.0. The first-order chi connectivity index (χ1) is 7.89. The monoisotopic (exact) mass is 348 g/mol. The van der Waals surface area contributed by atoms with E-state index in [1.807, 2.05) is 0 Å². The van der Waals surface area contributed by atoms with Gasteiger partial charge in [-0.15, -0.1) is 0 Å². The van der Waals surface area contributed by atoms with Gasteiger partial charge in [-0.3, -0.25) is 4.68 Å². The van der Waals surface area contributed by atoms with Gasteiger partial charge in [0.2, 0.25) is 0 Å². The molecule has 2 nitrogen and oxygen atoms in total. The second-order valence-corrected chi connectivity index (χ2v) is 7.21. The van der Waals surface area contributed by atoms with Crippen LogP contribution in [0.5, 0.6) is 0 Å². The third-order valence-electron chi connectivity index (χ3n) is 4.22. The van der Waals surface area contributed by atoms with Crippen molar-refractivity contribution in [3.05, 3.63) is 15.5 Å². The fraction of sp³-hybridized carbons (Fsp3) is 0.769. The molecule has 4 atom stereocenters. The van der Waals surface area contributed by atoms with Crippen molar-refractivity contribution in [1.29, 1.82) is 0 Å². The Balaban J connectivity index is 1.85. The first-order valence-corrected chi connectivity index (χ1v) is 7.41. The third-order valence-corrected chi connectivity index (χ3v) is 4.75. The molecule has 0 amide bonds. The lowest BCUT2D eigenvalue weighted by atomic mass is 9.97. The van der Waals surface area contributed by atoms with Gasteiger partial charge in [0.05, 0.1) is 0 Å². The quantitative estimate of drug-likeness (QED) is 0.741. The molecule has 0 bridgehead atoms. The number of halogens is 2. The Kier molecular flexibility index (Phi) is 2.58. The van der Waals surface area contributed by atoms with Crippen LogP contribution in [-0.4, -0.2) is 15.4 Å². The van der Waals surface area contributed by atoms with Crippen molar-refractivity contribution < 1.29 is 4.39 Å². The Hall–Kier alpha value is -0.130. The number of hydrogen-bond donors (Lipinski definition) is 0. The van der Waals surface area contributed by atoms with Gasteiger partial charge in [-0.05, 0) is 74.1 Å². The first-order valence-electron chi connectivity index (χ1n) is 6.33. The van der Waals surface area contributed by atoms with Crippen molar-refractivity contribution in [2.24, 2.45) is 11.8 Å². The topological polar surface area (TPSA) is 17.8 Å². The van der Waals surface area contributed by atoms with Crippen LogP contribution < -0.4 is 0 Å². The summed E-state index contributed by atoms with van der Waals surface area (Å²) in [4.78, 5) is 0. The van der Waals surface area contributed by atoms with E-state index in [0.29, 0.717) is 23.8 Å². The molecule has 2 fully saturated rings. The molecule has 0 aliphatic heterocycles. The molecule has 1 heterocycles. The molecule has 0 aromatic carbocycles. The van der Waals surface area contributed by atoms with Gasteiger partial charge in [-0.1, -0.05) is 0 Å². The molecule has 1 unspecified atom stereocenters. The third kappa shape index (κ3) is 1.92. The molecular weight excluding hydrogens is 330 g/mol. The molecule has 1 aromatic rings. The Morgan fingerprint density at radius 1 is 1.47 bits per heavy atom. The van der Waals surface area contributed by atoms with Gasteiger partial charge in [-0.25, -0.2) is 4.39 Å². The van der Waals surface area contributed by atoms with Gasteiger partial charge >= 0.3 is 0 Å². The van der Waals surface area contributed by atoms with E-state index in [1.165, 1.54) is 5.69 Å². The zero-order valence-electron chi connectivity index (χ0n) is 10.5. The number of alkyl halides is 1. The minimum atomic E-state index is -0.915. The standard InChI is InChI=1S/C13H18FIN2/c1-7(2)17-10(4-11(15)16-17)12-8-5-13(3,14)6-9(8)12/h4,7-9,12H,5-6H2,1-3H3/t8-,9+,12-,13?. The van der Waals surface area contributed by atoms with Gasteiger partial charge in [0.15, 0.2) is 0 Å². The molecule has 0 N–H and O–H groups in total. The predicted octanol–water partition coefficient (Wildman–Crippen LogP) is 3.92. The molecule has 3 rings (SSSR count). The molecule has 0 radical (unpaired) electrons. The van der Waals surface area contributed by atoms with E-state index in [0.717, 1.165) is 16.5 Å². The van der Waals surface area contributed by atoms with Gasteiger partial charge in [-0.2, -0.15) is 5.10 Å². The molecule has 0 spiro atoms. The lowest BCUT2D eigenvalue weighted by Crippen LogP contribution is -2.17. The molecule has 17 heavy (non-hydrogen) atoms. The van der Waals surface area contributed by atoms with Crippen molar-refractivity contribution in [2.75, 3.05) is 0 Å². The van der Waals surface area contributed by atoms with Gasteiger partial charge in [0.25, 0.3) is 0 Å². The zero-order chi connectivity index (χ0) is 12.4. The van der Waals surface area contributed by atoms with Crippen molar-refractivity contribution in [2.45, 2.75) is 51.2 Å². The van der Waals surface area contributed by atoms with E-state index >= 15 is 0 Å². The number of fused-ring (bicyclic) bond motifs is 1. The van der Waals surface area contributed by atoms with E-state index in [-0.39, 0.29) is 0 Å². The van der Waals surface area contributed by atoms with E-state index < -0.39 is 5.67 Å². The summed E-state index contributed by atoms with van der Waals surface area (Å²) >= 11 is 2.27. The van der Waals surface area contributed by atoms with Crippen LogP contribution in [0.1, 0.15) is 51.3 Å². The Bertz CT molecular complexity index is 438. The molecule has 1 aromatic heterocycles. The highest BCUT2D eigenvalue weighted by atomic mass is 127. The average Bonchev–Trinajstić information content (AvgIpc) is 2.57. The normalized spacial score (nSPS) is 39.8. The largest absolute Gasteiger partial charge is 0.266 e. The average molecular weight is 348 g/mol. The van der Waals surface area contributed by atoms with E-state index in [9.17, 15) is 4.39 Å². The minimum absolute atomic E-state index is 0.395. The van der Waals surface area contributed by atoms with Crippen LogP contribution >= 0.6 is 22.6 Å². The van der Waals surface area contributed by atoms with Crippen molar-refractivity contribution >= 4 is 22.6 Å². The lowest BCUT2D eigenvalue weighted by Gasteiger charge is -2.18. The molecular formula is C13H18FIN2. The second-order valence-electron chi connectivity index (χ2n) is 6.11. The van der Waals surface area contributed by atoms with Crippen LogP contribution in [0.15, 0.2) is 6.07 Å². The number of rotatable bonds is 2. The summed E-state index contributed by atoms with van der Waals surface area (Å²) in [6, 6.07) is 2.57. The lowest BCUT2D eigenvalue weighted by molar-refractivity contribution is 0.174. The fourth-order valence-electron chi connectivity index (χ4n) is 3.55. The van der Waals surface area contributed by atoms with Gasteiger partial charge in [0, 0.05) is 17.7 Å². The maximum atomic E-state index is 13.8. The van der Waals surface area contributed by atoms with Crippen molar-refractivity contribution in [3.8, 4) is 0 Å². The summed E-state index contributed by atoms with van der Waals surface area (Å²) in [5, 5.41) is 4.54. The molecule has 2 aliphatic rings. The highest BCUT2D eigenvalue weighted by Gasteiger charge is 2.61. The van der Waals surface area contributed by atoms with E-state index in [2.05, 4.69) is 52.3 Å². The first kappa shape index (κ1) is 11.9. The number of hydrogen-bond acceptors (Lipinski definition) is 1. The number of aromatic nitrogens is 2. The molecule has 2 aliphatic carbocycles. The maximum Gasteiger partial charge on any atom is 0.123 e. The van der Waals surface area contributed by atoms with Crippen LogP contribution in [0.4, 0.5) is 4.39 Å². The highest BCUT2D eigenvalue weighted by Crippen LogP contribution is 2.66. The molecule has 4 heteroatoms. The highest BCUT2D eigenvalue weighted by molar-refractivity contribution is 14.1. The van der Waals surface area contributed by atoms with Gasteiger partial charge < -0.3 is 0 Å². The van der Waals surface area contributed by atoms with Crippen LogP contribution in [0, 0.1) is 15.5 Å². The summed E-state index contributed by atoms with van der Waals surface area (Å²) in [6.07, 6.45) is 1.48. The van der Waals surface area contributed by atoms with Crippen molar-refractivity contribution in [3.63, 3.8) is 0 Å². The van der Waals surface area contributed by atoms with Crippen LogP contribution in [0.3, 0.4) is 0 Å². The second kappa shape index (κ2) is 3.68. The van der Waals surface area contributed by atoms with Gasteiger partial charge in [0.1, 0.15) is 9.37 Å². The summed E-state index contributed by atoms with van der Waals surface area (Å²) in [6.45, 7) is 6.06. The molecule has 94 valence electrons. The van der Waals surface area contributed by atoms with E-state index in [1.54, 1.807) is 6.92 Å². The summed E-state index contributed by atoms with van der Waals surface area (Å²) in [5.74, 6) is 1.70. The number of nitrogens with zero attached hydrogens (tertiary/aromatic N) is 2. The maximum absolute atomic E-state index is 13.8. The summed E-state index contributed by atoms with van der Waals surface area (Å²) in [7, 11) is 0. The van der Waals surface area contributed by atoms with E-state index in [4.69, 9.17) is 0 Å². The smallest absolute Gasteiger partial charge is 0.123 e. The summed E-state index contributed by atoms with van der Waals surface area (Å²) in [5.41, 5.74) is 0.414.